The van der Waals surface area contributed by atoms with Gasteiger partial charge in [-0.2, -0.15) is 0 Å². The van der Waals surface area contributed by atoms with Crippen LogP contribution in [0.2, 0.25) is 0 Å². The molecule has 148 valence electrons. The number of hydrogen-bond acceptors (Lipinski definition) is 5. The van der Waals surface area contributed by atoms with E-state index < -0.39 is 34.7 Å². The standard InChI is InChI=1S/C20H19F2NO4S/c1-12(19(25)14-3-5-15(21)6-4-14)27-20(26)13(2)28-11-18(24)23-17-9-7-16(22)8-10-17/h3-10,12-13H,11H2,1-2H3,(H,23,24)/t12-,13+/m1/s1. The Hall–Kier alpha value is -2.74. The molecule has 0 aliphatic rings. The Morgan fingerprint density at radius 1 is 0.964 bits per heavy atom. The number of halogens is 2. The number of anilines is 1. The molecule has 0 bridgehead atoms. The smallest absolute Gasteiger partial charge is 0.319 e. The Kier molecular flexibility index (Phi) is 7.69. The fourth-order valence-corrected chi connectivity index (χ4v) is 2.84. The molecule has 0 spiro atoms. The van der Waals surface area contributed by atoms with Crippen molar-refractivity contribution in [1.82, 2.24) is 0 Å². The summed E-state index contributed by atoms with van der Waals surface area (Å²) >= 11 is 1.04. The molecule has 2 aromatic rings. The molecule has 0 fully saturated rings. The molecule has 8 heteroatoms. The van der Waals surface area contributed by atoms with Crippen LogP contribution in [0.1, 0.15) is 24.2 Å². The molecule has 2 aromatic carbocycles. The third-order valence-electron chi connectivity index (χ3n) is 3.72. The maximum atomic E-state index is 12.9. The number of carbonyl (C=O) groups excluding carboxylic acids is 3. The summed E-state index contributed by atoms with van der Waals surface area (Å²) in [6, 6.07) is 10.3. The lowest BCUT2D eigenvalue weighted by Crippen LogP contribution is -2.29. The lowest BCUT2D eigenvalue weighted by molar-refractivity contribution is -0.145. The molecular formula is C20H19F2NO4S. The van der Waals surface area contributed by atoms with Crippen LogP contribution in [0.3, 0.4) is 0 Å². The van der Waals surface area contributed by atoms with Crippen molar-refractivity contribution in [3.05, 3.63) is 65.7 Å². The quantitative estimate of drug-likeness (QED) is 0.532. The molecule has 5 nitrogen and oxygen atoms in total. The molecule has 1 amide bonds. The van der Waals surface area contributed by atoms with Crippen molar-refractivity contribution in [2.45, 2.75) is 25.2 Å². The fraction of sp³-hybridized carbons (Fsp3) is 0.250. The second kappa shape index (κ2) is 9.98. The minimum absolute atomic E-state index is 0.0199. The molecule has 0 aliphatic heterocycles. The third kappa shape index (κ3) is 6.45. The van der Waals surface area contributed by atoms with E-state index in [0.717, 1.165) is 23.9 Å². The van der Waals surface area contributed by atoms with Gasteiger partial charge in [0.25, 0.3) is 0 Å². The Balaban J connectivity index is 1.79. The number of esters is 1. The minimum Gasteiger partial charge on any atom is -0.453 e. The fourth-order valence-electron chi connectivity index (χ4n) is 2.17. The van der Waals surface area contributed by atoms with E-state index in [1.165, 1.54) is 43.3 Å². The summed E-state index contributed by atoms with van der Waals surface area (Å²) in [4.78, 5) is 36.2. The molecule has 2 rings (SSSR count). The van der Waals surface area contributed by atoms with Crippen LogP contribution in [0.25, 0.3) is 0 Å². The molecule has 28 heavy (non-hydrogen) atoms. The van der Waals surface area contributed by atoms with Gasteiger partial charge in [-0.05, 0) is 62.4 Å². The van der Waals surface area contributed by atoms with Crippen molar-refractivity contribution in [2.75, 3.05) is 11.1 Å². The number of benzene rings is 2. The molecule has 0 saturated carbocycles. The van der Waals surface area contributed by atoms with E-state index in [-0.39, 0.29) is 17.2 Å². The van der Waals surface area contributed by atoms with Crippen molar-refractivity contribution in [1.29, 1.82) is 0 Å². The van der Waals surface area contributed by atoms with E-state index in [1.54, 1.807) is 6.92 Å². The van der Waals surface area contributed by atoms with Crippen LogP contribution in [0.5, 0.6) is 0 Å². The SMILES string of the molecule is C[C@H](SCC(=O)Nc1ccc(F)cc1)C(=O)O[C@H](C)C(=O)c1ccc(F)cc1. The zero-order valence-electron chi connectivity index (χ0n) is 15.3. The predicted octanol–water partition coefficient (Wildman–Crippen LogP) is 3.84. The highest BCUT2D eigenvalue weighted by Crippen LogP contribution is 2.16. The Bertz CT molecular complexity index is 840. The lowest BCUT2D eigenvalue weighted by atomic mass is 10.1. The Morgan fingerprint density at radius 3 is 2.07 bits per heavy atom. The van der Waals surface area contributed by atoms with Gasteiger partial charge in [0.1, 0.15) is 16.9 Å². The zero-order valence-corrected chi connectivity index (χ0v) is 16.1. The first-order valence-corrected chi connectivity index (χ1v) is 9.48. The van der Waals surface area contributed by atoms with Gasteiger partial charge in [-0.15, -0.1) is 11.8 Å². The third-order valence-corrected chi connectivity index (χ3v) is 4.84. The van der Waals surface area contributed by atoms with Crippen LogP contribution >= 0.6 is 11.8 Å². The molecule has 0 aromatic heterocycles. The molecular weight excluding hydrogens is 388 g/mol. The lowest BCUT2D eigenvalue weighted by Gasteiger charge is -2.16. The molecule has 0 radical (unpaired) electrons. The van der Waals surface area contributed by atoms with Crippen LogP contribution in [-0.4, -0.2) is 34.8 Å². The van der Waals surface area contributed by atoms with Crippen LogP contribution in [0.15, 0.2) is 48.5 Å². The van der Waals surface area contributed by atoms with Crippen LogP contribution in [-0.2, 0) is 14.3 Å². The predicted molar refractivity (Wildman–Crippen MR) is 103 cm³/mol. The average molecular weight is 407 g/mol. The second-order valence-electron chi connectivity index (χ2n) is 5.96. The van der Waals surface area contributed by atoms with Gasteiger partial charge < -0.3 is 10.1 Å². The summed E-state index contributed by atoms with van der Waals surface area (Å²) < 4.78 is 30.9. The highest BCUT2D eigenvalue weighted by Gasteiger charge is 2.23. The van der Waals surface area contributed by atoms with Gasteiger partial charge in [0.2, 0.25) is 11.7 Å². The van der Waals surface area contributed by atoms with Crippen molar-refractivity contribution in [3.8, 4) is 0 Å². The minimum atomic E-state index is -1.03. The van der Waals surface area contributed by atoms with Gasteiger partial charge >= 0.3 is 5.97 Å². The van der Waals surface area contributed by atoms with Gasteiger partial charge in [-0.25, -0.2) is 8.78 Å². The largest absolute Gasteiger partial charge is 0.453 e. The number of amides is 1. The zero-order chi connectivity index (χ0) is 20.7. The molecule has 0 saturated heterocycles. The average Bonchev–Trinajstić information content (AvgIpc) is 2.67. The number of rotatable bonds is 8. The number of ketones is 1. The molecule has 2 atom stereocenters. The van der Waals surface area contributed by atoms with E-state index in [0.29, 0.717) is 5.69 Å². The summed E-state index contributed by atoms with van der Waals surface area (Å²) in [6.45, 7) is 3.00. The van der Waals surface area contributed by atoms with Gasteiger partial charge in [-0.1, -0.05) is 0 Å². The van der Waals surface area contributed by atoms with Gasteiger partial charge in [-0.3, -0.25) is 14.4 Å². The molecule has 1 N–H and O–H groups in total. The van der Waals surface area contributed by atoms with Crippen molar-refractivity contribution in [3.63, 3.8) is 0 Å². The summed E-state index contributed by atoms with van der Waals surface area (Å²) in [5.74, 6) is -2.33. The maximum Gasteiger partial charge on any atom is 0.319 e. The summed E-state index contributed by atoms with van der Waals surface area (Å²) in [5.41, 5.74) is 0.682. The van der Waals surface area contributed by atoms with E-state index in [9.17, 15) is 23.2 Å². The Labute approximate surface area is 165 Å². The monoisotopic (exact) mass is 407 g/mol. The second-order valence-corrected chi connectivity index (χ2v) is 7.29. The number of nitrogens with one attached hydrogen (secondary N) is 1. The molecule has 0 aliphatic carbocycles. The van der Waals surface area contributed by atoms with Crippen molar-refractivity contribution >= 4 is 35.1 Å². The molecule has 0 unspecified atom stereocenters. The van der Waals surface area contributed by atoms with Crippen molar-refractivity contribution in [2.24, 2.45) is 0 Å². The molecule has 0 heterocycles. The van der Waals surface area contributed by atoms with Gasteiger partial charge in [0.05, 0.1) is 5.75 Å². The number of thioether (sulfide) groups is 1. The maximum absolute atomic E-state index is 12.9. The highest BCUT2D eigenvalue weighted by atomic mass is 32.2. The summed E-state index contributed by atoms with van der Waals surface area (Å²) in [6.07, 6.45) is -1.03. The normalized spacial score (nSPS) is 12.7. The van der Waals surface area contributed by atoms with Crippen molar-refractivity contribution < 1.29 is 27.9 Å². The first-order chi connectivity index (χ1) is 13.3. The first-order valence-electron chi connectivity index (χ1n) is 8.43. The Morgan fingerprint density at radius 2 is 1.50 bits per heavy atom. The van der Waals surface area contributed by atoms with Crippen LogP contribution < -0.4 is 5.32 Å². The summed E-state index contributed by atoms with van der Waals surface area (Å²) in [7, 11) is 0. The van der Waals surface area contributed by atoms with E-state index in [4.69, 9.17) is 4.74 Å². The van der Waals surface area contributed by atoms with Crippen LogP contribution in [0.4, 0.5) is 14.5 Å². The number of Topliss-reactive ketones (excluding diaryl/α,β-unsaturated/α-hetero) is 1. The van der Waals surface area contributed by atoms with Gasteiger partial charge in [0, 0.05) is 11.3 Å². The van der Waals surface area contributed by atoms with E-state index >= 15 is 0 Å². The summed E-state index contributed by atoms with van der Waals surface area (Å²) in [5, 5.41) is 1.91. The number of ether oxygens (including phenoxy) is 1. The van der Waals surface area contributed by atoms with Gasteiger partial charge in [0.15, 0.2) is 6.10 Å². The van der Waals surface area contributed by atoms with E-state index in [1.807, 2.05) is 0 Å². The number of carbonyl (C=O) groups is 3. The number of hydrogen-bond donors (Lipinski definition) is 1. The van der Waals surface area contributed by atoms with Crippen LogP contribution in [0, 0.1) is 11.6 Å². The van der Waals surface area contributed by atoms with E-state index in [2.05, 4.69) is 5.32 Å². The highest BCUT2D eigenvalue weighted by molar-refractivity contribution is 8.01. The topological polar surface area (TPSA) is 72.5 Å². The first kappa shape index (κ1) is 21.6.